The zero-order valence-corrected chi connectivity index (χ0v) is 13.3. The highest BCUT2D eigenvalue weighted by Crippen LogP contribution is 2.31. The number of aromatic nitrogens is 4. The fraction of sp³-hybridized carbons (Fsp3) is 0.0556. The van der Waals surface area contributed by atoms with Crippen LogP contribution in [-0.4, -0.2) is 24.7 Å². The van der Waals surface area contributed by atoms with E-state index in [-0.39, 0.29) is 0 Å². The van der Waals surface area contributed by atoms with Crippen LogP contribution in [0.5, 0.6) is 0 Å². The van der Waals surface area contributed by atoms with Gasteiger partial charge in [-0.25, -0.2) is 9.50 Å². The number of aliphatic hydroxyl groups excluding tert-OH is 1. The van der Waals surface area contributed by atoms with Gasteiger partial charge in [-0.05, 0) is 17.7 Å². The minimum atomic E-state index is -0.821. The van der Waals surface area contributed by atoms with E-state index >= 15 is 0 Å². The highest BCUT2D eigenvalue weighted by molar-refractivity contribution is 6.30. The molecule has 4 rings (SSSR count). The molecule has 1 atom stereocenters. The lowest BCUT2D eigenvalue weighted by Gasteiger charge is -2.15. The molecule has 2 heterocycles. The van der Waals surface area contributed by atoms with Gasteiger partial charge >= 0.3 is 0 Å². The fourth-order valence-electron chi connectivity index (χ4n) is 2.63. The van der Waals surface area contributed by atoms with Crippen molar-refractivity contribution < 1.29 is 5.11 Å². The topological polar surface area (TPSA) is 63.3 Å². The van der Waals surface area contributed by atoms with Crippen molar-refractivity contribution >= 4 is 17.4 Å². The summed E-state index contributed by atoms with van der Waals surface area (Å²) in [7, 11) is 0. The van der Waals surface area contributed by atoms with Gasteiger partial charge in [-0.15, -0.1) is 0 Å². The first-order valence-electron chi connectivity index (χ1n) is 7.41. The van der Waals surface area contributed by atoms with Crippen molar-refractivity contribution in [2.45, 2.75) is 6.10 Å². The summed E-state index contributed by atoms with van der Waals surface area (Å²) in [6.07, 6.45) is 2.38. The van der Waals surface area contributed by atoms with Crippen LogP contribution in [0.2, 0.25) is 5.02 Å². The number of fused-ring (bicyclic) bond motifs is 1. The molecular formula is C18H13ClN4O. The first-order chi connectivity index (χ1) is 11.7. The van der Waals surface area contributed by atoms with Gasteiger partial charge in [0.2, 0.25) is 0 Å². The van der Waals surface area contributed by atoms with Crippen molar-refractivity contribution in [2.75, 3.05) is 0 Å². The van der Waals surface area contributed by atoms with Crippen LogP contribution in [-0.2, 0) is 0 Å². The van der Waals surface area contributed by atoms with Crippen molar-refractivity contribution in [2.24, 2.45) is 0 Å². The SMILES string of the molecule is OC(c1ccccc1)c1cn2ncnc2nc1-c1ccc(Cl)cc1. The summed E-state index contributed by atoms with van der Waals surface area (Å²) in [6, 6.07) is 16.8. The summed E-state index contributed by atoms with van der Waals surface area (Å²) in [5, 5.41) is 15.6. The summed E-state index contributed by atoms with van der Waals surface area (Å²) < 4.78 is 1.56. The zero-order valence-electron chi connectivity index (χ0n) is 12.5. The molecule has 0 radical (unpaired) electrons. The molecule has 0 saturated carbocycles. The van der Waals surface area contributed by atoms with E-state index < -0.39 is 6.10 Å². The maximum absolute atomic E-state index is 10.9. The van der Waals surface area contributed by atoms with Gasteiger partial charge in [0, 0.05) is 22.3 Å². The molecule has 5 nitrogen and oxygen atoms in total. The number of benzene rings is 2. The van der Waals surface area contributed by atoms with Gasteiger partial charge in [0.15, 0.2) is 0 Å². The number of hydrogen-bond acceptors (Lipinski definition) is 4. The smallest absolute Gasteiger partial charge is 0.252 e. The molecule has 1 unspecified atom stereocenters. The average molecular weight is 337 g/mol. The van der Waals surface area contributed by atoms with E-state index in [1.165, 1.54) is 6.33 Å². The second-order valence-electron chi connectivity index (χ2n) is 5.37. The minimum absolute atomic E-state index is 0.476. The Morgan fingerprint density at radius 2 is 1.75 bits per heavy atom. The number of halogens is 1. The van der Waals surface area contributed by atoms with Crippen molar-refractivity contribution in [3.63, 3.8) is 0 Å². The van der Waals surface area contributed by atoms with Crippen molar-refractivity contribution in [3.8, 4) is 11.3 Å². The Labute approximate surface area is 143 Å². The van der Waals surface area contributed by atoms with E-state index in [0.29, 0.717) is 22.1 Å². The van der Waals surface area contributed by atoms with Gasteiger partial charge in [0.1, 0.15) is 12.4 Å². The molecule has 1 N–H and O–H groups in total. The minimum Gasteiger partial charge on any atom is -0.384 e. The lowest BCUT2D eigenvalue weighted by Crippen LogP contribution is -2.07. The molecule has 0 aliphatic rings. The fourth-order valence-corrected chi connectivity index (χ4v) is 2.75. The van der Waals surface area contributed by atoms with Crippen LogP contribution >= 0.6 is 11.6 Å². The van der Waals surface area contributed by atoms with Crippen LogP contribution in [0.3, 0.4) is 0 Å². The Balaban J connectivity index is 1.92. The molecule has 0 aliphatic carbocycles. The van der Waals surface area contributed by atoms with Gasteiger partial charge in [0.25, 0.3) is 5.78 Å². The monoisotopic (exact) mass is 336 g/mol. The lowest BCUT2D eigenvalue weighted by atomic mass is 9.98. The Morgan fingerprint density at radius 3 is 2.50 bits per heavy atom. The van der Waals surface area contributed by atoms with Gasteiger partial charge in [-0.3, -0.25) is 0 Å². The van der Waals surface area contributed by atoms with Crippen molar-refractivity contribution in [1.82, 2.24) is 19.6 Å². The summed E-state index contributed by atoms with van der Waals surface area (Å²) in [6.45, 7) is 0. The first kappa shape index (κ1) is 14.8. The predicted molar refractivity (Wildman–Crippen MR) is 91.7 cm³/mol. The van der Waals surface area contributed by atoms with E-state index in [4.69, 9.17) is 11.6 Å². The number of rotatable bonds is 3. The molecule has 0 saturated heterocycles. The van der Waals surface area contributed by atoms with Crippen LogP contribution in [0.1, 0.15) is 17.2 Å². The van der Waals surface area contributed by atoms with E-state index in [2.05, 4.69) is 15.1 Å². The zero-order chi connectivity index (χ0) is 16.5. The third-order valence-corrected chi connectivity index (χ3v) is 4.08. The summed E-state index contributed by atoms with van der Waals surface area (Å²) in [5.41, 5.74) is 2.95. The molecule has 0 spiro atoms. The Bertz CT molecular complexity index is 983. The molecule has 4 aromatic rings. The van der Waals surface area contributed by atoms with Crippen LogP contribution in [0, 0.1) is 0 Å². The highest BCUT2D eigenvalue weighted by atomic mass is 35.5. The lowest BCUT2D eigenvalue weighted by molar-refractivity contribution is 0.220. The normalized spacial score (nSPS) is 12.4. The van der Waals surface area contributed by atoms with Crippen LogP contribution < -0.4 is 0 Å². The largest absolute Gasteiger partial charge is 0.384 e. The van der Waals surface area contributed by atoms with Gasteiger partial charge in [-0.1, -0.05) is 54.1 Å². The Kier molecular flexibility index (Phi) is 3.72. The average Bonchev–Trinajstić information content (AvgIpc) is 3.09. The standard InChI is InChI=1S/C18H13ClN4O/c19-14-8-6-12(7-9-14)16-15(10-23-18(22-16)20-11-21-23)17(24)13-4-2-1-3-5-13/h1-11,17,24H. The Morgan fingerprint density at radius 1 is 1.00 bits per heavy atom. The molecule has 6 heteroatoms. The maximum atomic E-state index is 10.9. The van der Waals surface area contributed by atoms with E-state index in [0.717, 1.165) is 11.1 Å². The number of hydrogen-bond donors (Lipinski definition) is 1. The predicted octanol–water partition coefficient (Wildman–Crippen LogP) is 3.53. The summed E-state index contributed by atoms with van der Waals surface area (Å²) in [4.78, 5) is 8.70. The first-order valence-corrected chi connectivity index (χ1v) is 7.79. The van der Waals surface area contributed by atoms with E-state index in [1.54, 1.807) is 22.8 Å². The van der Waals surface area contributed by atoms with Crippen LogP contribution in [0.4, 0.5) is 0 Å². The molecule has 0 aliphatic heterocycles. The maximum Gasteiger partial charge on any atom is 0.252 e. The highest BCUT2D eigenvalue weighted by Gasteiger charge is 2.19. The summed E-state index contributed by atoms with van der Waals surface area (Å²) in [5.74, 6) is 0.476. The van der Waals surface area contributed by atoms with Crippen LogP contribution in [0.15, 0.2) is 67.1 Å². The number of aliphatic hydroxyl groups is 1. The van der Waals surface area contributed by atoms with Gasteiger partial charge in [0.05, 0.1) is 5.69 Å². The third kappa shape index (κ3) is 2.64. The van der Waals surface area contributed by atoms with Crippen molar-refractivity contribution in [1.29, 1.82) is 0 Å². The second-order valence-corrected chi connectivity index (χ2v) is 5.81. The molecule has 2 aromatic heterocycles. The molecule has 2 aromatic carbocycles. The molecular weight excluding hydrogens is 324 g/mol. The van der Waals surface area contributed by atoms with Crippen LogP contribution in [0.25, 0.3) is 17.0 Å². The van der Waals surface area contributed by atoms with E-state index in [1.807, 2.05) is 42.5 Å². The molecule has 118 valence electrons. The second kappa shape index (κ2) is 6.03. The van der Waals surface area contributed by atoms with Crippen molar-refractivity contribution in [3.05, 3.63) is 83.3 Å². The third-order valence-electron chi connectivity index (χ3n) is 3.83. The summed E-state index contributed by atoms with van der Waals surface area (Å²) >= 11 is 5.98. The van der Waals surface area contributed by atoms with Gasteiger partial charge in [-0.2, -0.15) is 10.1 Å². The Hall–Kier alpha value is -2.76. The number of nitrogens with zero attached hydrogens (tertiary/aromatic N) is 4. The molecule has 24 heavy (non-hydrogen) atoms. The molecule has 0 fully saturated rings. The van der Waals surface area contributed by atoms with Gasteiger partial charge < -0.3 is 5.11 Å². The van der Waals surface area contributed by atoms with E-state index in [9.17, 15) is 5.11 Å². The molecule has 0 amide bonds. The quantitative estimate of drug-likeness (QED) is 0.621. The molecule has 0 bridgehead atoms.